The number of amides is 1. The van der Waals surface area contributed by atoms with Crippen LogP contribution in [0.5, 0.6) is 0 Å². The third kappa shape index (κ3) is 2.31. The summed E-state index contributed by atoms with van der Waals surface area (Å²) in [5.41, 5.74) is 2.43. The highest BCUT2D eigenvalue weighted by Crippen LogP contribution is 2.35. The Balaban J connectivity index is 1.72. The molecule has 0 aliphatic heterocycles. The molecule has 4 rings (SSSR count). The number of fused-ring (bicyclic) bond motifs is 2. The average molecular weight is 319 g/mol. The zero-order valence-corrected chi connectivity index (χ0v) is 13.4. The SMILES string of the molecule is CN(C(=O)c1cc2ccccc2oc1=O)[C@H]1CCc2ccccc21. The third-order valence-corrected chi connectivity index (χ3v) is 4.76. The Labute approximate surface area is 139 Å². The number of carbonyl (C=O) groups excluding carboxylic acids is 1. The Hall–Kier alpha value is -2.88. The molecule has 1 atom stereocenters. The number of hydrogen-bond acceptors (Lipinski definition) is 3. The normalized spacial score (nSPS) is 16.1. The number of benzene rings is 2. The number of rotatable bonds is 2. The van der Waals surface area contributed by atoms with Crippen LogP contribution < -0.4 is 5.63 Å². The van der Waals surface area contributed by atoms with E-state index in [0.717, 1.165) is 18.2 Å². The van der Waals surface area contributed by atoms with Gasteiger partial charge < -0.3 is 9.32 Å². The molecule has 0 bridgehead atoms. The topological polar surface area (TPSA) is 50.5 Å². The van der Waals surface area contributed by atoms with Crippen molar-refractivity contribution < 1.29 is 9.21 Å². The summed E-state index contributed by atoms with van der Waals surface area (Å²) in [5.74, 6) is -0.295. The highest BCUT2D eigenvalue weighted by Gasteiger charge is 2.30. The molecule has 4 heteroatoms. The highest BCUT2D eigenvalue weighted by molar-refractivity contribution is 5.96. The van der Waals surface area contributed by atoms with Crippen LogP contribution in [0, 0.1) is 0 Å². The molecular formula is C20H17NO3. The van der Waals surface area contributed by atoms with E-state index in [1.807, 2.05) is 24.3 Å². The summed E-state index contributed by atoms with van der Waals surface area (Å²) in [7, 11) is 1.75. The fourth-order valence-corrected chi connectivity index (χ4v) is 3.48. The molecule has 0 spiro atoms. The first-order valence-corrected chi connectivity index (χ1v) is 8.03. The minimum atomic E-state index is -0.586. The molecule has 1 aromatic heterocycles. The van der Waals surface area contributed by atoms with Crippen LogP contribution in [-0.4, -0.2) is 17.9 Å². The van der Waals surface area contributed by atoms with Crippen molar-refractivity contribution in [3.05, 3.63) is 81.7 Å². The molecule has 1 heterocycles. The van der Waals surface area contributed by atoms with Gasteiger partial charge in [-0.05, 0) is 36.1 Å². The van der Waals surface area contributed by atoms with E-state index < -0.39 is 5.63 Å². The molecule has 3 aromatic rings. The van der Waals surface area contributed by atoms with Gasteiger partial charge in [0.05, 0.1) is 6.04 Å². The Morgan fingerprint density at radius 1 is 1.12 bits per heavy atom. The zero-order valence-electron chi connectivity index (χ0n) is 13.4. The first-order valence-electron chi connectivity index (χ1n) is 8.03. The number of nitrogens with zero attached hydrogens (tertiary/aromatic N) is 1. The molecule has 1 aliphatic carbocycles. The van der Waals surface area contributed by atoms with Crippen LogP contribution >= 0.6 is 0 Å². The lowest BCUT2D eigenvalue weighted by Gasteiger charge is -2.25. The van der Waals surface area contributed by atoms with Crippen molar-refractivity contribution in [1.29, 1.82) is 0 Å². The smallest absolute Gasteiger partial charge is 0.349 e. The van der Waals surface area contributed by atoms with E-state index in [1.165, 1.54) is 11.1 Å². The van der Waals surface area contributed by atoms with Crippen molar-refractivity contribution in [2.24, 2.45) is 0 Å². The van der Waals surface area contributed by atoms with Crippen LogP contribution in [0.4, 0.5) is 0 Å². The second kappa shape index (κ2) is 5.64. The maximum atomic E-state index is 12.9. The van der Waals surface area contributed by atoms with Crippen molar-refractivity contribution in [2.45, 2.75) is 18.9 Å². The quantitative estimate of drug-likeness (QED) is 0.679. The van der Waals surface area contributed by atoms with Crippen LogP contribution in [0.25, 0.3) is 11.0 Å². The van der Waals surface area contributed by atoms with Gasteiger partial charge in [-0.3, -0.25) is 4.79 Å². The van der Waals surface area contributed by atoms with Gasteiger partial charge in [-0.2, -0.15) is 0 Å². The van der Waals surface area contributed by atoms with Crippen LogP contribution in [0.2, 0.25) is 0 Å². The van der Waals surface area contributed by atoms with Crippen LogP contribution in [0.3, 0.4) is 0 Å². The molecule has 0 saturated carbocycles. The maximum absolute atomic E-state index is 12.9. The Morgan fingerprint density at radius 2 is 1.88 bits per heavy atom. The number of aryl methyl sites for hydroxylation is 1. The lowest BCUT2D eigenvalue weighted by molar-refractivity contribution is 0.0726. The lowest BCUT2D eigenvalue weighted by Crippen LogP contribution is -2.33. The van der Waals surface area contributed by atoms with Crippen molar-refractivity contribution in [3.8, 4) is 0 Å². The fraction of sp³-hybridized carbons (Fsp3) is 0.200. The molecule has 2 aromatic carbocycles. The predicted octanol–water partition coefficient (Wildman–Crippen LogP) is 3.55. The molecule has 1 aliphatic rings. The van der Waals surface area contributed by atoms with E-state index in [-0.39, 0.29) is 17.5 Å². The van der Waals surface area contributed by atoms with E-state index in [2.05, 4.69) is 12.1 Å². The number of para-hydroxylation sites is 1. The molecule has 0 N–H and O–H groups in total. The average Bonchev–Trinajstić information content (AvgIpc) is 3.04. The summed E-state index contributed by atoms with van der Waals surface area (Å²) in [6, 6.07) is 17.0. The molecule has 24 heavy (non-hydrogen) atoms. The summed E-state index contributed by atoms with van der Waals surface area (Å²) < 4.78 is 5.29. The zero-order chi connectivity index (χ0) is 16.7. The van der Waals surface area contributed by atoms with Gasteiger partial charge in [0.15, 0.2) is 0 Å². The van der Waals surface area contributed by atoms with Crippen molar-refractivity contribution in [3.63, 3.8) is 0 Å². The molecule has 0 fully saturated rings. The van der Waals surface area contributed by atoms with Gasteiger partial charge in [0.2, 0.25) is 0 Å². The van der Waals surface area contributed by atoms with Crippen LogP contribution in [-0.2, 0) is 6.42 Å². The van der Waals surface area contributed by atoms with Gasteiger partial charge in [0.25, 0.3) is 5.91 Å². The first kappa shape index (κ1) is 14.7. The number of hydrogen-bond donors (Lipinski definition) is 0. The second-order valence-corrected chi connectivity index (χ2v) is 6.15. The van der Waals surface area contributed by atoms with Gasteiger partial charge in [0.1, 0.15) is 11.1 Å². The van der Waals surface area contributed by atoms with E-state index in [1.54, 1.807) is 30.1 Å². The van der Waals surface area contributed by atoms with Gasteiger partial charge >= 0.3 is 5.63 Å². The molecule has 120 valence electrons. The van der Waals surface area contributed by atoms with E-state index in [9.17, 15) is 9.59 Å². The van der Waals surface area contributed by atoms with Crippen LogP contribution in [0.1, 0.15) is 33.9 Å². The fourth-order valence-electron chi connectivity index (χ4n) is 3.48. The summed E-state index contributed by atoms with van der Waals surface area (Å²) in [5, 5.41) is 0.751. The number of carbonyl (C=O) groups is 1. The van der Waals surface area contributed by atoms with E-state index >= 15 is 0 Å². The third-order valence-electron chi connectivity index (χ3n) is 4.76. The molecule has 0 radical (unpaired) electrons. The Kier molecular flexibility index (Phi) is 3.45. The Morgan fingerprint density at radius 3 is 2.75 bits per heavy atom. The van der Waals surface area contributed by atoms with E-state index in [4.69, 9.17) is 4.42 Å². The molecule has 4 nitrogen and oxygen atoms in total. The van der Waals surface area contributed by atoms with E-state index in [0.29, 0.717) is 5.58 Å². The largest absolute Gasteiger partial charge is 0.422 e. The Bertz CT molecular complexity index is 989. The van der Waals surface area contributed by atoms with Gasteiger partial charge in [0, 0.05) is 12.4 Å². The predicted molar refractivity (Wildman–Crippen MR) is 92.1 cm³/mol. The highest BCUT2D eigenvalue weighted by atomic mass is 16.4. The monoisotopic (exact) mass is 319 g/mol. The van der Waals surface area contributed by atoms with Gasteiger partial charge in [-0.15, -0.1) is 0 Å². The van der Waals surface area contributed by atoms with Crippen molar-refractivity contribution in [1.82, 2.24) is 4.90 Å². The van der Waals surface area contributed by atoms with Crippen LogP contribution in [0.15, 0.2) is 63.8 Å². The molecule has 1 amide bonds. The lowest BCUT2D eigenvalue weighted by atomic mass is 10.1. The molecule has 0 unspecified atom stereocenters. The second-order valence-electron chi connectivity index (χ2n) is 6.15. The first-order chi connectivity index (χ1) is 11.6. The maximum Gasteiger partial charge on any atom is 0.349 e. The molecular weight excluding hydrogens is 302 g/mol. The minimum Gasteiger partial charge on any atom is -0.422 e. The van der Waals surface area contributed by atoms with Gasteiger partial charge in [-0.1, -0.05) is 42.5 Å². The standard InChI is InChI=1S/C20H17NO3/c1-21(17-11-10-13-6-2-4-8-15(13)17)19(22)16-12-14-7-3-5-9-18(14)24-20(16)23/h2-9,12,17H,10-11H2,1H3/t17-/m0/s1. The van der Waals surface area contributed by atoms with Gasteiger partial charge in [-0.25, -0.2) is 4.79 Å². The van der Waals surface area contributed by atoms with Crippen molar-refractivity contribution >= 4 is 16.9 Å². The summed E-state index contributed by atoms with van der Waals surface area (Å²) in [6.07, 6.45) is 1.82. The summed E-state index contributed by atoms with van der Waals surface area (Å²) >= 11 is 0. The summed E-state index contributed by atoms with van der Waals surface area (Å²) in [6.45, 7) is 0. The van der Waals surface area contributed by atoms with Crippen molar-refractivity contribution in [2.75, 3.05) is 7.05 Å². The molecule has 0 saturated heterocycles. The minimum absolute atomic E-state index is 0.000398. The summed E-state index contributed by atoms with van der Waals surface area (Å²) in [4.78, 5) is 26.8.